The Hall–Kier alpha value is -1.95. The van der Waals surface area contributed by atoms with Gasteiger partial charge in [0.25, 0.3) is 5.91 Å². The first-order valence-electron chi connectivity index (χ1n) is 6.68. The maximum absolute atomic E-state index is 13.6. The molecule has 1 amide bonds. The summed E-state index contributed by atoms with van der Waals surface area (Å²) < 4.78 is 26.7. The second-order valence-corrected chi connectivity index (χ2v) is 6.27. The Bertz CT molecular complexity index is 690. The number of amides is 1. The van der Waals surface area contributed by atoms with Gasteiger partial charge >= 0.3 is 0 Å². The highest BCUT2D eigenvalue weighted by Gasteiger charge is 2.17. The number of nitrogens with two attached hydrogens (primary N) is 1. The quantitative estimate of drug-likeness (QED) is 0.856. The Labute approximate surface area is 124 Å². The Kier molecular flexibility index (Phi) is 3.63. The molecule has 3 N–H and O–H groups in total. The van der Waals surface area contributed by atoms with Crippen LogP contribution >= 0.6 is 11.3 Å². The predicted molar refractivity (Wildman–Crippen MR) is 78.3 cm³/mol. The van der Waals surface area contributed by atoms with E-state index in [9.17, 15) is 13.6 Å². The van der Waals surface area contributed by atoms with Crippen molar-refractivity contribution in [1.82, 2.24) is 5.32 Å². The van der Waals surface area contributed by atoms with E-state index in [1.54, 1.807) is 11.3 Å². The van der Waals surface area contributed by atoms with Crippen LogP contribution in [0, 0.1) is 11.6 Å². The molecule has 1 aromatic heterocycles. The van der Waals surface area contributed by atoms with Crippen LogP contribution in [-0.4, -0.2) is 5.91 Å². The number of hydrogen-bond acceptors (Lipinski definition) is 3. The molecule has 110 valence electrons. The molecular weight excluding hydrogens is 294 g/mol. The van der Waals surface area contributed by atoms with Gasteiger partial charge in [0.2, 0.25) is 0 Å². The van der Waals surface area contributed by atoms with Crippen molar-refractivity contribution in [3.8, 4) is 0 Å². The largest absolute Gasteiger partial charge is 0.396 e. The number of benzene rings is 1. The van der Waals surface area contributed by atoms with Crippen LogP contribution < -0.4 is 11.1 Å². The Morgan fingerprint density at radius 3 is 2.81 bits per heavy atom. The summed E-state index contributed by atoms with van der Waals surface area (Å²) in [6.07, 6.45) is 3.37. The number of nitrogen functional groups attached to an aromatic ring is 1. The Morgan fingerprint density at radius 1 is 1.24 bits per heavy atom. The van der Waals surface area contributed by atoms with Crippen LogP contribution in [0.3, 0.4) is 0 Å². The molecule has 0 saturated carbocycles. The van der Waals surface area contributed by atoms with E-state index < -0.39 is 17.5 Å². The van der Waals surface area contributed by atoms with Crippen molar-refractivity contribution in [2.45, 2.75) is 25.8 Å². The van der Waals surface area contributed by atoms with Crippen LogP contribution in [0.25, 0.3) is 0 Å². The molecule has 2 aromatic rings. The summed E-state index contributed by atoms with van der Waals surface area (Å²) in [7, 11) is 0. The van der Waals surface area contributed by atoms with Gasteiger partial charge in [-0.1, -0.05) is 0 Å². The summed E-state index contributed by atoms with van der Waals surface area (Å²) in [5.74, 6) is -2.36. The molecule has 0 saturated heterocycles. The summed E-state index contributed by atoms with van der Waals surface area (Å²) in [6, 6.07) is 3.74. The van der Waals surface area contributed by atoms with Crippen LogP contribution in [-0.2, 0) is 19.4 Å². The molecule has 0 atom stereocenters. The maximum atomic E-state index is 13.6. The van der Waals surface area contributed by atoms with Crippen LogP contribution in [0.15, 0.2) is 18.2 Å². The minimum atomic E-state index is -0.909. The van der Waals surface area contributed by atoms with E-state index in [1.807, 2.05) is 0 Å². The van der Waals surface area contributed by atoms with Crippen molar-refractivity contribution in [2.75, 3.05) is 5.73 Å². The second-order valence-electron chi connectivity index (χ2n) is 5.05. The van der Waals surface area contributed by atoms with Crippen molar-refractivity contribution in [2.24, 2.45) is 0 Å². The number of thiophene rings is 1. The lowest BCUT2D eigenvalue weighted by Crippen LogP contribution is -2.23. The minimum Gasteiger partial charge on any atom is -0.396 e. The van der Waals surface area contributed by atoms with Gasteiger partial charge in [0.15, 0.2) is 0 Å². The molecule has 1 aromatic carbocycles. The van der Waals surface area contributed by atoms with Gasteiger partial charge in [-0.25, -0.2) is 8.78 Å². The standard InChI is InChI=1S/C15H14F2N2OS/c16-11-6-12(17)13(18)5-10(11)15(20)19-7-9-4-8-2-1-3-14(8)21-9/h4-6H,1-3,7,18H2,(H,19,20). The third-order valence-corrected chi connectivity index (χ3v) is 4.79. The molecular formula is C15H14F2N2OS. The molecule has 1 aliphatic rings. The van der Waals surface area contributed by atoms with Crippen LogP contribution in [0.4, 0.5) is 14.5 Å². The van der Waals surface area contributed by atoms with Gasteiger partial charge in [-0.3, -0.25) is 4.79 Å². The average Bonchev–Trinajstić information content (AvgIpc) is 3.01. The molecule has 3 nitrogen and oxygen atoms in total. The van der Waals surface area contributed by atoms with Crippen LogP contribution in [0.1, 0.15) is 32.1 Å². The first-order valence-corrected chi connectivity index (χ1v) is 7.49. The van der Waals surface area contributed by atoms with E-state index in [0.717, 1.165) is 23.8 Å². The number of fused-ring (bicyclic) bond motifs is 1. The van der Waals surface area contributed by atoms with Crippen molar-refractivity contribution in [3.05, 3.63) is 50.7 Å². The molecule has 0 spiro atoms. The number of anilines is 1. The summed E-state index contributed by atoms with van der Waals surface area (Å²) in [6.45, 7) is 0.340. The van der Waals surface area contributed by atoms with E-state index in [4.69, 9.17) is 5.73 Å². The van der Waals surface area contributed by atoms with Gasteiger partial charge in [0, 0.05) is 15.8 Å². The van der Waals surface area contributed by atoms with Crippen molar-refractivity contribution in [1.29, 1.82) is 0 Å². The number of carbonyl (C=O) groups is 1. The summed E-state index contributed by atoms with van der Waals surface area (Å²) in [5.41, 5.74) is 6.24. The topological polar surface area (TPSA) is 55.1 Å². The molecule has 0 aliphatic heterocycles. The number of rotatable bonds is 3. The zero-order valence-electron chi connectivity index (χ0n) is 11.2. The smallest absolute Gasteiger partial charge is 0.254 e. The monoisotopic (exact) mass is 308 g/mol. The van der Waals surface area contributed by atoms with E-state index in [-0.39, 0.29) is 11.3 Å². The van der Waals surface area contributed by atoms with Crippen LogP contribution in [0.2, 0.25) is 0 Å². The lowest BCUT2D eigenvalue weighted by Gasteiger charge is -2.06. The van der Waals surface area contributed by atoms with Crippen molar-refractivity contribution >= 4 is 22.9 Å². The van der Waals surface area contributed by atoms with Crippen molar-refractivity contribution < 1.29 is 13.6 Å². The summed E-state index contributed by atoms with van der Waals surface area (Å²) in [5, 5.41) is 2.64. The molecule has 1 heterocycles. The predicted octanol–water partition coefficient (Wildman–Crippen LogP) is 3.03. The highest BCUT2D eigenvalue weighted by molar-refractivity contribution is 7.12. The molecule has 1 aliphatic carbocycles. The number of carbonyl (C=O) groups excluding carboxylic acids is 1. The van der Waals surface area contributed by atoms with E-state index in [1.165, 1.54) is 16.9 Å². The molecule has 0 bridgehead atoms. The van der Waals surface area contributed by atoms with Crippen molar-refractivity contribution in [3.63, 3.8) is 0 Å². The molecule has 0 fully saturated rings. The summed E-state index contributed by atoms with van der Waals surface area (Å²) in [4.78, 5) is 14.4. The third-order valence-electron chi connectivity index (χ3n) is 3.55. The normalized spacial score (nSPS) is 13.2. The fourth-order valence-electron chi connectivity index (χ4n) is 2.48. The molecule has 3 rings (SSSR count). The van der Waals surface area contributed by atoms with Gasteiger partial charge in [0.05, 0.1) is 17.8 Å². The van der Waals surface area contributed by atoms with Gasteiger partial charge in [-0.2, -0.15) is 0 Å². The number of nitrogens with one attached hydrogen (secondary N) is 1. The maximum Gasteiger partial charge on any atom is 0.254 e. The van der Waals surface area contributed by atoms with Gasteiger partial charge in [0.1, 0.15) is 11.6 Å². The zero-order chi connectivity index (χ0) is 15.0. The van der Waals surface area contributed by atoms with E-state index in [2.05, 4.69) is 11.4 Å². The van der Waals surface area contributed by atoms with Crippen LogP contribution in [0.5, 0.6) is 0 Å². The first-order chi connectivity index (χ1) is 10.0. The van der Waals surface area contributed by atoms with Gasteiger partial charge in [-0.05, 0) is 37.0 Å². The molecule has 0 radical (unpaired) electrons. The molecule has 21 heavy (non-hydrogen) atoms. The second kappa shape index (κ2) is 5.44. The SMILES string of the molecule is Nc1cc(C(=O)NCc2cc3c(s2)CCC3)c(F)cc1F. The first kappa shape index (κ1) is 14.0. The lowest BCUT2D eigenvalue weighted by atomic mass is 10.1. The highest BCUT2D eigenvalue weighted by atomic mass is 32.1. The number of halogens is 2. The zero-order valence-corrected chi connectivity index (χ0v) is 12.0. The number of hydrogen-bond donors (Lipinski definition) is 2. The highest BCUT2D eigenvalue weighted by Crippen LogP contribution is 2.30. The summed E-state index contributed by atoms with van der Waals surface area (Å²) >= 11 is 1.68. The average molecular weight is 308 g/mol. The lowest BCUT2D eigenvalue weighted by molar-refractivity contribution is 0.0947. The van der Waals surface area contributed by atoms with E-state index in [0.29, 0.717) is 12.6 Å². The Balaban J connectivity index is 1.70. The van der Waals surface area contributed by atoms with Gasteiger partial charge in [-0.15, -0.1) is 11.3 Å². The molecule has 0 unspecified atom stereocenters. The van der Waals surface area contributed by atoms with E-state index >= 15 is 0 Å². The minimum absolute atomic E-state index is 0.238. The fourth-order valence-corrected chi connectivity index (χ4v) is 3.68. The third kappa shape index (κ3) is 2.76. The Morgan fingerprint density at radius 2 is 2.05 bits per heavy atom. The van der Waals surface area contributed by atoms with Gasteiger partial charge < -0.3 is 11.1 Å². The fraction of sp³-hybridized carbons (Fsp3) is 0.267. The molecule has 6 heteroatoms. The number of aryl methyl sites for hydroxylation is 2.